The maximum absolute atomic E-state index is 11.7. The van der Waals surface area contributed by atoms with Crippen molar-refractivity contribution >= 4 is 5.78 Å². The van der Waals surface area contributed by atoms with Crippen LogP contribution in [0.4, 0.5) is 0 Å². The number of Topliss-reactive ketones (excluding diaryl/α,β-unsaturated/α-hetero) is 1. The summed E-state index contributed by atoms with van der Waals surface area (Å²) in [5, 5.41) is 0. The molecule has 0 aliphatic heterocycles. The van der Waals surface area contributed by atoms with E-state index in [1.807, 2.05) is 6.07 Å². The van der Waals surface area contributed by atoms with Crippen LogP contribution in [0.3, 0.4) is 0 Å². The molecule has 0 amide bonds. The van der Waals surface area contributed by atoms with Crippen LogP contribution < -0.4 is 18.9 Å². The molecule has 122 valence electrons. The Balaban J connectivity index is 2.75. The van der Waals surface area contributed by atoms with Gasteiger partial charge in [0.05, 0.1) is 28.4 Å². The van der Waals surface area contributed by atoms with Gasteiger partial charge in [0.15, 0.2) is 17.3 Å². The Morgan fingerprint density at radius 1 is 0.739 bits per heavy atom. The molecule has 0 aliphatic rings. The minimum Gasteiger partial charge on any atom is -0.496 e. The molecule has 2 aromatic carbocycles. The molecule has 0 fully saturated rings. The second kappa shape index (κ2) is 7.05. The van der Waals surface area contributed by atoms with Crippen molar-refractivity contribution in [2.75, 3.05) is 28.4 Å². The summed E-state index contributed by atoms with van der Waals surface area (Å²) in [5.41, 5.74) is 2.10. The molecule has 0 radical (unpaired) electrons. The fourth-order valence-corrected chi connectivity index (χ4v) is 2.45. The van der Waals surface area contributed by atoms with E-state index in [9.17, 15) is 4.79 Å². The molecule has 0 spiro atoms. The van der Waals surface area contributed by atoms with Crippen molar-refractivity contribution in [1.82, 2.24) is 0 Å². The van der Waals surface area contributed by atoms with Crippen molar-refractivity contribution in [3.8, 4) is 34.1 Å². The molecule has 23 heavy (non-hydrogen) atoms. The zero-order valence-electron chi connectivity index (χ0n) is 13.9. The summed E-state index contributed by atoms with van der Waals surface area (Å²) in [4.78, 5) is 11.7. The van der Waals surface area contributed by atoms with E-state index in [0.717, 1.165) is 11.1 Å². The summed E-state index contributed by atoms with van der Waals surface area (Å²) in [7, 11) is 6.25. The Hall–Kier alpha value is -2.69. The van der Waals surface area contributed by atoms with Crippen molar-refractivity contribution in [1.29, 1.82) is 0 Å². The van der Waals surface area contributed by atoms with Gasteiger partial charge >= 0.3 is 0 Å². The standard InChI is InChI=1S/C18H20O5/c1-11(19)12-6-8-15(20-2)14(10-12)13-7-9-16(21-3)18(23-5)17(13)22-4/h6-10H,1-5H3. The fourth-order valence-electron chi connectivity index (χ4n) is 2.45. The molecule has 0 aliphatic carbocycles. The Kier molecular flexibility index (Phi) is 5.11. The average Bonchev–Trinajstić information content (AvgIpc) is 2.59. The number of carbonyl (C=O) groups excluding carboxylic acids is 1. The van der Waals surface area contributed by atoms with Crippen molar-refractivity contribution in [2.24, 2.45) is 0 Å². The predicted octanol–water partition coefficient (Wildman–Crippen LogP) is 3.59. The van der Waals surface area contributed by atoms with E-state index >= 15 is 0 Å². The summed E-state index contributed by atoms with van der Waals surface area (Å²) in [6.07, 6.45) is 0. The second-order valence-corrected chi connectivity index (χ2v) is 4.85. The van der Waals surface area contributed by atoms with Crippen LogP contribution in [-0.2, 0) is 0 Å². The van der Waals surface area contributed by atoms with Gasteiger partial charge in [-0.1, -0.05) is 0 Å². The molecule has 0 N–H and O–H groups in total. The third-order valence-corrected chi connectivity index (χ3v) is 3.60. The summed E-state index contributed by atoms with van der Waals surface area (Å²) < 4.78 is 21.7. The molecule has 2 aromatic rings. The highest BCUT2D eigenvalue weighted by atomic mass is 16.5. The van der Waals surface area contributed by atoms with Gasteiger partial charge in [-0.3, -0.25) is 4.79 Å². The van der Waals surface area contributed by atoms with E-state index in [0.29, 0.717) is 28.6 Å². The van der Waals surface area contributed by atoms with Gasteiger partial charge in [0.1, 0.15) is 5.75 Å². The van der Waals surface area contributed by atoms with Gasteiger partial charge in [-0.15, -0.1) is 0 Å². The van der Waals surface area contributed by atoms with E-state index in [1.165, 1.54) is 6.92 Å². The maximum Gasteiger partial charge on any atom is 0.203 e. The van der Waals surface area contributed by atoms with Crippen LogP contribution in [0.2, 0.25) is 0 Å². The monoisotopic (exact) mass is 316 g/mol. The number of ether oxygens (including phenoxy) is 4. The van der Waals surface area contributed by atoms with Gasteiger partial charge in [-0.2, -0.15) is 0 Å². The van der Waals surface area contributed by atoms with E-state index in [-0.39, 0.29) is 5.78 Å². The molecule has 0 bridgehead atoms. The Morgan fingerprint density at radius 2 is 1.35 bits per heavy atom. The van der Waals surface area contributed by atoms with Gasteiger partial charge in [0.2, 0.25) is 5.75 Å². The molecular formula is C18H20O5. The molecule has 5 heteroatoms. The second-order valence-electron chi connectivity index (χ2n) is 4.85. The minimum absolute atomic E-state index is 0.0200. The van der Waals surface area contributed by atoms with Crippen LogP contribution >= 0.6 is 0 Å². The largest absolute Gasteiger partial charge is 0.496 e. The van der Waals surface area contributed by atoms with Crippen LogP contribution in [-0.4, -0.2) is 34.2 Å². The molecule has 0 saturated heterocycles. The van der Waals surface area contributed by atoms with Crippen LogP contribution in [0, 0.1) is 0 Å². The van der Waals surface area contributed by atoms with E-state index < -0.39 is 0 Å². The van der Waals surface area contributed by atoms with Crippen molar-refractivity contribution in [3.05, 3.63) is 35.9 Å². The normalized spacial score (nSPS) is 10.1. The first-order valence-corrected chi connectivity index (χ1v) is 7.05. The predicted molar refractivity (Wildman–Crippen MR) is 88.1 cm³/mol. The van der Waals surface area contributed by atoms with Crippen molar-refractivity contribution in [3.63, 3.8) is 0 Å². The van der Waals surface area contributed by atoms with E-state index in [4.69, 9.17) is 18.9 Å². The lowest BCUT2D eigenvalue weighted by Crippen LogP contribution is -1.99. The third kappa shape index (κ3) is 3.08. The lowest BCUT2D eigenvalue weighted by atomic mass is 9.99. The van der Waals surface area contributed by atoms with Crippen molar-refractivity contribution < 1.29 is 23.7 Å². The van der Waals surface area contributed by atoms with Gasteiger partial charge in [-0.05, 0) is 37.3 Å². The van der Waals surface area contributed by atoms with Gasteiger partial charge in [-0.25, -0.2) is 0 Å². The lowest BCUT2D eigenvalue weighted by Gasteiger charge is -2.17. The van der Waals surface area contributed by atoms with Crippen LogP contribution in [0.5, 0.6) is 23.0 Å². The number of hydrogen-bond donors (Lipinski definition) is 0. The van der Waals surface area contributed by atoms with E-state index in [1.54, 1.807) is 52.7 Å². The molecular weight excluding hydrogens is 296 g/mol. The number of benzene rings is 2. The number of hydrogen-bond acceptors (Lipinski definition) is 5. The van der Waals surface area contributed by atoms with Crippen molar-refractivity contribution in [2.45, 2.75) is 6.92 Å². The summed E-state index contributed by atoms with van der Waals surface area (Å²) in [6, 6.07) is 8.92. The van der Waals surface area contributed by atoms with Gasteiger partial charge in [0, 0.05) is 16.7 Å². The zero-order valence-corrected chi connectivity index (χ0v) is 13.9. The molecule has 2 rings (SSSR count). The number of rotatable bonds is 6. The molecule has 5 nitrogen and oxygen atoms in total. The fraction of sp³-hybridized carbons (Fsp3) is 0.278. The molecule has 0 atom stereocenters. The van der Waals surface area contributed by atoms with Crippen LogP contribution in [0.15, 0.2) is 30.3 Å². The third-order valence-electron chi connectivity index (χ3n) is 3.60. The number of carbonyl (C=O) groups is 1. The lowest BCUT2D eigenvalue weighted by molar-refractivity contribution is 0.101. The van der Waals surface area contributed by atoms with E-state index in [2.05, 4.69) is 0 Å². The van der Waals surface area contributed by atoms with Gasteiger partial charge < -0.3 is 18.9 Å². The first-order valence-electron chi connectivity index (χ1n) is 7.05. The summed E-state index contributed by atoms with van der Waals surface area (Å²) >= 11 is 0. The Labute approximate surface area is 135 Å². The van der Waals surface area contributed by atoms with Gasteiger partial charge in [0.25, 0.3) is 0 Å². The minimum atomic E-state index is -0.0200. The Bertz CT molecular complexity index is 722. The highest BCUT2D eigenvalue weighted by Gasteiger charge is 2.20. The molecule has 0 aromatic heterocycles. The average molecular weight is 316 g/mol. The highest BCUT2D eigenvalue weighted by Crippen LogP contribution is 2.46. The zero-order chi connectivity index (χ0) is 17.0. The number of ketones is 1. The molecule has 0 unspecified atom stereocenters. The maximum atomic E-state index is 11.7. The number of methoxy groups -OCH3 is 4. The highest BCUT2D eigenvalue weighted by molar-refractivity contribution is 5.96. The first-order chi connectivity index (χ1) is 11.1. The summed E-state index contributed by atoms with van der Waals surface area (Å²) in [5.74, 6) is 2.19. The quantitative estimate of drug-likeness (QED) is 0.762. The molecule has 0 saturated carbocycles. The first kappa shape index (κ1) is 16.7. The van der Waals surface area contributed by atoms with Crippen LogP contribution in [0.25, 0.3) is 11.1 Å². The summed E-state index contributed by atoms with van der Waals surface area (Å²) in [6.45, 7) is 1.53. The smallest absolute Gasteiger partial charge is 0.203 e. The van der Waals surface area contributed by atoms with Crippen LogP contribution in [0.1, 0.15) is 17.3 Å². The molecule has 0 heterocycles. The Morgan fingerprint density at radius 3 is 1.87 bits per heavy atom. The SMILES string of the molecule is COc1ccc(C(C)=O)cc1-c1ccc(OC)c(OC)c1OC. The topological polar surface area (TPSA) is 54.0 Å².